The summed E-state index contributed by atoms with van der Waals surface area (Å²) in [5, 5.41) is 9.89. The molecule has 3 heteroatoms. The third kappa shape index (κ3) is 3.63. The second-order valence-electron chi connectivity index (χ2n) is 5.58. The van der Waals surface area contributed by atoms with Crippen LogP contribution in [0.25, 0.3) is 0 Å². The summed E-state index contributed by atoms with van der Waals surface area (Å²) in [6.45, 7) is 0. The number of nitrogens with zero attached hydrogens (tertiary/aromatic N) is 1. The Hall–Kier alpha value is -3.07. The predicted molar refractivity (Wildman–Crippen MR) is 96.6 cm³/mol. The summed E-state index contributed by atoms with van der Waals surface area (Å²) in [7, 11) is 0. The molecule has 0 aromatic heterocycles. The van der Waals surface area contributed by atoms with Gasteiger partial charge in [-0.15, -0.1) is 0 Å². The van der Waals surface area contributed by atoms with Crippen LogP contribution in [0.15, 0.2) is 91.0 Å². The molecule has 0 amide bonds. The smallest absolute Gasteiger partial charge is 0.327 e. The van der Waals surface area contributed by atoms with Crippen LogP contribution in [0.1, 0.15) is 5.56 Å². The summed E-state index contributed by atoms with van der Waals surface area (Å²) in [5.74, 6) is -0.841. The molecule has 120 valence electrons. The van der Waals surface area contributed by atoms with E-state index in [9.17, 15) is 9.90 Å². The van der Waals surface area contributed by atoms with Crippen LogP contribution in [-0.4, -0.2) is 17.1 Å². The molecule has 24 heavy (non-hydrogen) atoms. The number of anilines is 2. The first-order valence-corrected chi connectivity index (χ1v) is 7.92. The standard InChI is InChI=1S/C21H19NO2/c23-21(24)20(16-17-10-4-1-5-11-17)22(18-12-6-2-7-13-18)19-14-8-3-9-15-19/h1-15,20H,16H2,(H,23,24)/t20-/m1/s1. The quantitative estimate of drug-likeness (QED) is 0.726. The second-order valence-corrected chi connectivity index (χ2v) is 5.58. The molecule has 0 radical (unpaired) electrons. The van der Waals surface area contributed by atoms with Gasteiger partial charge in [0.25, 0.3) is 0 Å². The fourth-order valence-electron chi connectivity index (χ4n) is 2.81. The Morgan fingerprint density at radius 3 is 1.58 bits per heavy atom. The molecule has 0 fully saturated rings. The van der Waals surface area contributed by atoms with Crippen molar-refractivity contribution in [3.8, 4) is 0 Å². The van der Waals surface area contributed by atoms with E-state index in [1.54, 1.807) is 0 Å². The highest BCUT2D eigenvalue weighted by Gasteiger charge is 2.27. The molecule has 0 aliphatic carbocycles. The van der Waals surface area contributed by atoms with Crippen molar-refractivity contribution in [2.24, 2.45) is 0 Å². The minimum Gasteiger partial charge on any atom is -0.480 e. The van der Waals surface area contributed by atoms with Gasteiger partial charge < -0.3 is 10.0 Å². The average Bonchev–Trinajstić information content (AvgIpc) is 2.64. The highest BCUT2D eigenvalue weighted by atomic mass is 16.4. The van der Waals surface area contributed by atoms with Crippen molar-refractivity contribution >= 4 is 17.3 Å². The molecule has 0 spiro atoms. The van der Waals surface area contributed by atoms with Gasteiger partial charge in [0.1, 0.15) is 6.04 Å². The van der Waals surface area contributed by atoms with E-state index in [1.165, 1.54) is 0 Å². The number of carboxylic acid groups (broad SMARTS) is 1. The molecular weight excluding hydrogens is 298 g/mol. The fraction of sp³-hybridized carbons (Fsp3) is 0.0952. The summed E-state index contributed by atoms with van der Waals surface area (Å²) in [4.78, 5) is 13.9. The fourth-order valence-corrected chi connectivity index (χ4v) is 2.81. The Kier molecular flexibility index (Phi) is 4.92. The zero-order valence-electron chi connectivity index (χ0n) is 13.2. The zero-order chi connectivity index (χ0) is 16.8. The number of carboxylic acids is 1. The first kappa shape index (κ1) is 15.8. The van der Waals surface area contributed by atoms with Crippen LogP contribution in [0.4, 0.5) is 11.4 Å². The molecule has 1 N–H and O–H groups in total. The van der Waals surface area contributed by atoms with E-state index in [-0.39, 0.29) is 0 Å². The first-order chi connectivity index (χ1) is 11.8. The van der Waals surface area contributed by atoms with Gasteiger partial charge in [-0.25, -0.2) is 4.79 Å². The molecule has 0 bridgehead atoms. The van der Waals surface area contributed by atoms with Crippen molar-refractivity contribution in [1.29, 1.82) is 0 Å². The van der Waals surface area contributed by atoms with Crippen LogP contribution >= 0.6 is 0 Å². The number of aliphatic carboxylic acids is 1. The molecule has 0 unspecified atom stereocenters. The molecule has 3 nitrogen and oxygen atoms in total. The van der Waals surface area contributed by atoms with Gasteiger partial charge >= 0.3 is 5.97 Å². The van der Waals surface area contributed by atoms with Crippen molar-refractivity contribution in [2.45, 2.75) is 12.5 Å². The zero-order valence-corrected chi connectivity index (χ0v) is 13.2. The van der Waals surface area contributed by atoms with E-state index >= 15 is 0 Å². The first-order valence-electron chi connectivity index (χ1n) is 7.92. The number of para-hydroxylation sites is 2. The van der Waals surface area contributed by atoms with Gasteiger partial charge in [-0.1, -0.05) is 66.7 Å². The van der Waals surface area contributed by atoms with Gasteiger partial charge in [-0.2, -0.15) is 0 Å². The van der Waals surface area contributed by atoms with Gasteiger partial charge in [0.05, 0.1) is 0 Å². The minimum atomic E-state index is -0.841. The van der Waals surface area contributed by atoms with Crippen LogP contribution in [0.3, 0.4) is 0 Å². The van der Waals surface area contributed by atoms with E-state index in [4.69, 9.17) is 0 Å². The Morgan fingerprint density at radius 1 is 0.750 bits per heavy atom. The van der Waals surface area contributed by atoms with E-state index < -0.39 is 12.0 Å². The molecule has 3 rings (SSSR count). The van der Waals surface area contributed by atoms with E-state index in [2.05, 4.69) is 0 Å². The lowest BCUT2D eigenvalue weighted by atomic mass is 10.0. The Morgan fingerprint density at radius 2 is 1.17 bits per heavy atom. The number of rotatable bonds is 6. The van der Waals surface area contributed by atoms with E-state index in [1.807, 2.05) is 95.9 Å². The molecule has 3 aromatic rings. The molecule has 0 saturated carbocycles. The number of benzene rings is 3. The summed E-state index contributed by atoms with van der Waals surface area (Å²) < 4.78 is 0. The Bertz CT molecular complexity index is 733. The van der Waals surface area contributed by atoms with Gasteiger partial charge in [-0.05, 0) is 29.8 Å². The molecule has 1 atom stereocenters. The van der Waals surface area contributed by atoms with E-state index in [0.717, 1.165) is 16.9 Å². The lowest BCUT2D eigenvalue weighted by Crippen LogP contribution is -2.39. The number of hydrogen-bond acceptors (Lipinski definition) is 2. The molecular formula is C21H19NO2. The van der Waals surface area contributed by atoms with Gasteiger partial charge in [0.2, 0.25) is 0 Å². The topological polar surface area (TPSA) is 40.5 Å². The van der Waals surface area contributed by atoms with Crippen LogP contribution in [0.5, 0.6) is 0 Å². The predicted octanol–water partition coefficient (Wildman–Crippen LogP) is 4.52. The highest BCUT2D eigenvalue weighted by Crippen LogP contribution is 2.29. The van der Waals surface area contributed by atoms with Crippen molar-refractivity contribution < 1.29 is 9.90 Å². The van der Waals surface area contributed by atoms with Crippen LogP contribution in [0.2, 0.25) is 0 Å². The van der Waals surface area contributed by atoms with Crippen molar-refractivity contribution in [2.75, 3.05) is 4.90 Å². The SMILES string of the molecule is O=C(O)[C@@H](Cc1ccccc1)N(c1ccccc1)c1ccccc1. The largest absolute Gasteiger partial charge is 0.480 e. The number of hydrogen-bond donors (Lipinski definition) is 1. The van der Waals surface area contributed by atoms with Crippen LogP contribution in [0, 0.1) is 0 Å². The van der Waals surface area contributed by atoms with Crippen molar-refractivity contribution in [3.05, 3.63) is 96.6 Å². The summed E-state index contributed by atoms with van der Waals surface area (Å²) in [5.41, 5.74) is 2.74. The normalized spacial score (nSPS) is 11.7. The van der Waals surface area contributed by atoms with Crippen molar-refractivity contribution in [3.63, 3.8) is 0 Å². The summed E-state index contributed by atoms with van der Waals surface area (Å²) in [6.07, 6.45) is 0.431. The monoisotopic (exact) mass is 317 g/mol. The molecule has 0 aliphatic rings. The maximum atomic E-state index is 12.1. The summed E-state index contributed by atoms with van der Waals surface area (Å²) >= 11 is 0. The lowest BCUT2D eigenvalue weighted by Gasteiger charge is -2.31. The summed E-state index contributed by atoms with van der Waals surface area (Å²) in [6, 6.07) is 28.4. The maximum Gasteiger partial charge on any atom is 0.327 e. The Labute approximate surface area is 141 Å². The lowest BCUT2D eigenvalue weighted by molar-refractivity contribution is -0.138. The maximum absolute atomic E-state index is 12.1. The van der Waals surface area contributed by atoms with Crippen LogP contribution in [-0.2, 0) is 11.2 Å². The van der Waals surface area contributed by atoms with Crippen molar-refractivity contribution in [1.82, 2.24) is 0 Å². The van der Waals surface area contributed by atoms with Crippen LogP contribution < -0.4 is 4.90 Å². The van der Waals surface area contributed by atoms with Gasteiger partial charge in [-0.3, -0.25) is 0 Å². The number of carbonyl (C=O) groups is 1. The third-order valence-electron chi connectivity index (χ3n) is 3.94. The molecule has 3 aromatic carbocycles. The molecule has 0 aliphatic heterocycles. The second kappa shape index (κ2) is 7.47. The highest BCUT2D eigenvalue weighted by molar-refractivity contribution is 5.83. The molecule has 0 saturated heterocycles. The van der Waals surface area contributed by atoms with E-state index in [0.29, 0.717) is 6.42 Å². The molecule has 0 heterocycles. The third-order valence-corrected chi connectivity index (χ3v) is 3.94. The Balaban J connectivity index is 2.03. The van der Waals surface area contributed by atoms with Gasteiger partial charge in [0, 0.05) is 17.8 Å². The average molecular weight is 317 g/mol. The minimum absolute atomic E-state index is 0.431. The van der Waals surface area contributed by atoms with Gasteiger partial charge in [0.15, 0.2) is 0 Å².